The van der Waals surface area contributed by atoms with Gasteiger partial charge in [-0.1, -0.05) is 12.8 Å². The molecule has 0 aromatic heterocycles. The third-order valence-corrected chi connectivity index (χ3v) is 5.69. The monoisotopic (exact) mass is 295 g/mol. The highest BCUT2D eigenvalue weighted by Crippen LogP contribution is 2.38. The summed E-state index contributed by atoms with van der Waals surface area (Å²) in [6.07, 6.45) is 5.71. The average molecular weight is 295 g/mol. The molecule has 3 rings (SSSR count). The Morgan fingerprint density at radius 1 is 1.25 bits per heavy atom. The molecule has 1 aromatic carbocycles. The summed E-state index contributed by atoms with van der Waals surface area (Å²) in [6, 6.07) is 5.73. The number of benzene rings is 1. The highest BCUT2D eigenvalue weighted by atomic mass is 32.2. The fraction of sp³-hybridized carbons (Fsp3) is 0.625. The number of halogens is 1. The Morgan fingerprint density at radius 3 is 2.95 bits per heavy atom. The number of aliphatic hydroxyl groups is 1. The van der Waals surface area contributed by atoms with Crippen LogP contribution in [0.2, 0.25) is 0 Å². The molecule has 0 radical (unpaired) electrons. The molecule has 0 amide bonds. The smallest absolute Gasteiger partial charge is 0.123 e. The molecule has 0 bridgehead atoms. The van der Waals surface area contributed by atoms with Crippen LogP contribution in [0.4, 0.5) is 4.39 Å². The topological polar surface area (TPSA) is 32.3 Å². The van der Waals surface area contributed by atoms with Gasteiger partial charge in [-0.2, -0.15) is 0 Å². The molecule has 1 aliphatic heterocycles. The van der Waals surface area contributed by atoms with Gasteiger partial charge < -0.3 is 10.4 Å². The first-order chi connectivity index (χ1) is 9.78. The molecular weight excluding hydrogens is 273 g/mol. The van der Waals surface area contributed by atoms with Gasteiger partial charge >= 0.3 is 0 Å². The van der Waals surface area contributed by atoms with Gasteiger partial charge in [-0.25, -0.2) is 4.39 Å². The second-order valence-electron chi connectivity index (χ2n) is 5.87. The number of fused-ring (bicyclic) bond motifs is 1. The van der Waals surface area contributed by atoms with E-state index in [4.69, 9.17) is 0 Å². The van der Waals surface area contributed by atoms with Crippen LogP contribution in [-0.2, 0) is 0 Å². The van der Waals surface area contributed by atoms with E-state index in [2.05, 4.69) is 5.32 Å². The van der Waals surface area contributed by atoms with Crippen LogP contribution in [0.3, 0.4) is 0 Å². The predicted molar refractivity (Wildman–Crippen MR) is 80.4 cm³/mol. The van der Waals surface area contributed by atoms with E-state index < -0.39 is 0 Å². The normalized spacial score (nSPS) is 30.0. The van der Waals surface area contributed by atoms with Crippen LogP contribution in [0, 0.1) is 11.7 Å². The lowest BCUT2D eigenvalue weighted by atomic mass is 9.84. The van der Waals surface area contributed by atoms with Gasteiger partial charge in [-0.05, 0) is 54.7 Å². The highest BCUT2D eigenvalue weighted by Gasteiger charge is 2.29. The van der Waals surface area contributed by atoms with Crippen LogP contribution in [0.5, 0.6) is 0 Å². The summed E-state index contributed by atoms with van der Waals surface area (Å²) < 4.78 is 13.5. The van der Waals surface area contributed by atoms with Crippen molar-refractivity contribution in [3.8, 4) is 0 Å². The highest BCUT2D eigenvalue weighted by molar-refractivity contribution is 7.99. The van der Waals surface area contributed by atoms with Crippen molar-refractivity contribution in [3.63, 3.8) is 0 Å². The Balaban J connectivity index is 1.76. The van der Waals surface area contributed by atoms with Crippen molar-refractivity contribution < 1.29 is 9.50 Å². The van der Waals surface area contributed by atoms with Crippen molar-refractivity contribution >= 4 is 11.8 Å². The van der Waals surface area contributed by atoms with Crippen molar-refractivity contribution in [1.82, 2.24) is 5.32 Å². The largest absolute Gasteiger partial charge is 0.396 e. The van der Waals surface area contributed by atoms with E-state index in [1.165, 1.54) is 17.7 Å². The van der Waals surface area contributed by atoms with Crippen molar-refractivity contribution in [2.24, 2.45) is 5.92 Å². The minimum Gasteiger partial charge on any atom is -0.396 e. The van der Waals surface area contributed by atoms with Crippen LogP contribution in [-0.4, -0.2) is 23.5 Å². The van der Waals surface area contributed by atoms with Gasteiger partial charge in [0.25, 0.3) is 0 Å². The van der Waals surface area contributed by atoms with Crippen LogP contribution in [0.25, 0.3) is 0 Å². The third kappa shape index (κ3) is 3.02. The zero-order valence-electron chi connectivity index (χ0n) is 11.6. The average Bonchev–Trinajstić information content (AvgIpc) is 2.48. The van der Waals surface area contributed by atoms with Crippen LogP contribution < -0.4 is 5.32 Å². The van der Waals surface area contributed by atoms with Crippen LogP contribution >= 0.6 is 11.8 Å². The summed E-state index contributed by atoms with van der Waals surface area (Å²) in [5.74, 6) is 1.28. The number of rotatable bonds is 3. The zero-order chi connectivity index (χ0) is 13.9. The SMILES string of the molecule is OCC1CCCCC1NC1CCSc2ccc(F)cc21. The minimum atomic E-state index is -0.152. The Hall–Kier alpha value is -0.580. The van der Waals surface area contributed by atoms with Crippen molar-refractivity contribution in [2.75, 3.05) is 12.4 Å². The first-order valence-electron chi connectivity index (χ1n) is 7.57. The van der Waals surface area contributed by atoms with Crippen LogP contribution in [0.15, 0.2) is 23.1 Å². The third-order valence-electron chi connectivity index (χ3n) is 4.57. The lowest BCUT2D eigenvalue weighted by Crippen LogP contribution is -2.42. The second-order valence-corrected chi connectivity index (χ2v) is 7.01. The second kappa shape index (κ2) is 6.46. The standard InChI is InChI=1S/C16H22FNOS/c17-12-5-6-16-13(9-12)15(7-8-20-16)18-14-4-2-1-3-11(14)10-19/h5-6,9,11,14-15,18-19H,1-4,7-8,10H2. The maximum atomic E-state index is 13.5. The van der Waals surface area contributed by atoms with E-state index in [9.17, 15) is 9.50 Å². The summed E-state index contributed by atoms with van der Waals surface area (Å²) in [5.41, 5.74) is 1.10. The molecule has 1 aromatic rings. The molecule has 0 spiro atoms. The molecule has 0 saturated heterocycles. The van der Waals surface area contributed by atoms with Gasteiger partial charge in [0.15, 0.2) is 0 Å². The predicted octanol–water partition coefficient (Wildman–Crippen LogP) is 3.50. The summed E-state index contributed by atoms with van der Waals surface area (Å²) in [5, 5.41) is 13.2. The lowest BCUT2D eigenvalue weighted by molar-refractivity contribution is 0.145. The summed E-state index contributed by atoms with van der Waals surface area (Å²) >= 11 is 1.81. The van der Waals surface area contributed by atoms with Gasteiger partial charge in [0.1, 0.15) is 5.82 Å². The van der Waals surface area contributed by atoms with Gasteiger partial charge in [0.05, 0.1) is 0 Å². The maximum absolute atomic E-state index is 13.5. The maximum Gasteiger partial charge on any atom is 0.123 e. The minimum absolute atomic E-state index is 0.152. The number of hydrogen-bond donors (Lipinski definition) is 2. The summed E-state index contributed by atoms with van der Waals surface area (Å²) in [4.78, 5) is 1.20. The van der Waals surface area contributed by atoms with Crippen molar-refractivity contribution in [3.05, 3.63) is 29.6 Å². The van der Waals surface area contributed by atoms with Crippen molar-refractivity contribution in [2.45, 2.75) is 49.1 Å². The van der Waals surface area contributed by atoms with Gasteiger partial charge in [-0.15, -0.1) is 11.8 Å². The molecule has 1 heterocycles. The Kier molecular flexibility index (Phi) is 4.64. The molecule has 2 aliphatic rings. The molecule has 1 aliphatic carbocycles. The van der Waals surface area contributed by atoms with Crippen LogP contribution in [0.1, 0.15) is 43.7 Å². The molecule has 3 atom stereocenters. The number of nitrogens with one attached hydrogen (secondary N) is 1. The Labute approximate surface area is 124 Å². The van der Waals surface area contributed by atoms with Gasteiger partial charge in [0, 0.05) is 23.6 Å². The molecule has 4 heteroatoms. The Morgan fingerprint density at radius 2 is 2.10 bits per heavy atom. The molecule has 20 heavy (non-hydrogen) atoms. The summed E-state index contributed by atoms with van der Waals surface area (Å²) in [6.45, 7) is 0.259. The van der Waals surface area contributed by atoms with E-state index in [-0.39, 0.29) is 18.5 Å². The van der Waals surface area contributed by atoms with Gasteiger partial charge in [0.2, 0.25) is 0 Å². The van der Waals surface area contributed by atoms with E-state index in [0.717, 1.165) is 30.6 Å². The number of hydrogen-bond acceptors (Lipinski definition) is 3. The molecule has 110 valence electrons. The fourth-order valence-corrected chi connectivity index (χ4v) is 4.55. The zero-order valence-corrected chi connectivity index (χ0v) is 12.5. The van der Waals surface area contributed by atoms with E-state index in [0.29, 0.717) is 12.0 Å². The number of aliphatic hydroxyl groups excluding tert-OH is 1. The van der Waals surface area contributed by atoms with Crippen molar-refractivity contribution in [1.29, 1.82) is 0 Å². The van der Waals surface area contributed by atoms with Gasteiger partial charge in [-0.3, -0.25) is 0 Å². The fourth-order valence-electron chi connectivity index (χ4n) is 3.44. The first kappa shape index (κ1) is 14.4. The molecule has 1 saturated carbocycles. The molecule has 2 nitrogen and oxygen atoms in total. The first-order valence-corrected chi connectivity index (χ1v) is 8.55. The van der Waals surface area contributed by atoms with E-state index in [1.807, 2.05) is 17.8 Å². The molecular formula is C16H22FNOS. The quantitative estimate of drug-likeness (QED) is 0.895. The lowest BCUT2D eigenvalue weighted by Gasteiger charge is -2.36. The van der Waals surface area contributed by atoms with E-state index in [1.54, 1.807) is 12.1 Å². The number of thioether (sulfide) groups is 1. The molecule has 2 N–H and O–H groups in total. The summed E-state index contributed by atoms with van der Waals surface area (Å²) in [7, 11) is 0. The van der Waals surface area contributed by atoms with E-state index >= 15 is 0 Å². The molecule has 1 fully saturated rings. The molecule has 3 unspecified atom stereocenters. The Bertz CT molecular complexity index is 468.